The number of hydrogen-bond acceptors (Lipinski definition) is 3. The van der Waals surface area contributed by atoms with Crippen LogP contribution in [0.2, 0.25) is 0 Å². The molecular weight excluding hydrogens is 238 g/mol. The molecule has 0 aromatic carbocycles. The van der Waals surface area contributed by atoms with Crippen molar-refractivity contribution in [1.82, 2.24) is 15.6 Å². The van der Waals surface area contributed by atoms with Gasteiger partial charge in [-0.15, -0.1) is 0 Å². The van der Waals surface area contributed by atoms with E-state index < -0.39 is 0 Å². The zero-order valence-corrected chi connectivity index (χ0v) is 11.4. The van der Waals surface area contributed by atoms with E-state index in [0.717, 1.165) is 18.4 Å². The van der Waals surface area contributed by atoms with Crippen molar-refractivity contribution in [2.24, 2.45) is 0 Å². The number of carbonyl (C=O) groups is 1. The second kappa shape index (κ2) is 7.89. The molecule has 1 aliphatic carbocycles. The number of amides is 1. The first kappa shape index (κ1) is 14.0. The molecule has 1 aromatic heterocycles. The first-order valence-corrected chi connectivity index (χ1v) is 7.23. The molecule has 19 heavy (non-hydrogen) atoms. The first-order valence-electron chi connectivity index (χ1n) is 7.23. The third kappa shape index (κ3) is 5.39. The van der Waals surface area contributed by atoms with E-state index in [1.165, 1.54) is 25.7 Å². The van der Waals surface area contributed by atoms with Crippen LogP contribution in [0.4, 0.5) is 0 Å². The van der Waals surface area contributed by atoms with E-state index in [0.29, 0.717) is 19.1 Å². The summed E-state index contributed by atoms with van der Waals surface area (Å²) in [7, 11) is 0. The topological polar surface area (TPSA) is 54.0 Å². The summed E-state index contributed by atoms with van der Waals surface area (Å²) in [5, 5.41) is 6.30. The Labute approximate surface area is 115 Å². The Bertz CT molecular complexity index is 372. The second-order valence-electron chi connectivity index (χ2n) is 5.22. The van der Waals surface area contributed by atoms with Gasteiger partial charge >= 0.3 is 0 Å². The number of pyridine rings is 1. The molecule has 1 amide bonds. The first-order chi connectivity index (χ1) is 9.34. The van der Waals surface area contributed by atoms with Gasteiger partial charge in [0.1, 0.15) is 0 Å². The van der Waals surface area contributed by atoms with Crippen LogP contribution in [0, 0.1) is 0 Å². The van der Waals surface area contributed by atoms with Crippen molar-refractivity contribution in [2.45, 2.75) is 51.1 Å². The quantitative estimate of drug-likeness (QED) is 0.797. The summed E-state index contributed by atoms with van der Waals surface area (Å²) in [6.45, 7) is 1.10. The monoisotopic (exact) mass is 261 g/mol. The molecule has 0 aliphatic heterocycles. The Kier molecular flexibility index (Phi) is 5.82. The Hall–Kier alpha value is -1.42. The maximum atomic E-state index is 11.8. The summed E-state index contributed by atoms with van der Waals surface area (Å²) >= 11 is 0. The summed E-state index contributed by atoms with van der Waals surface area (Å²) in [5.41, 5.74) is 1.15. The van der Waals surface area contributed by atoms with E-state index in [1.54, 1.807) is 12.4 Å². The molecule has 1 heterocycles. The molecule has 2 N–H and O–H groups in total. The molecule has 4 heteroatoms. The molecule has 0 unspecified atom stereocenters. The summed E-state index contributed by atoms with van der Waals surface area (Å²) < 4.78 is 0. The lowest BCUT2D eigenvalue weighted by molar-refractivity contribution is -0.121. The minimum absolute atomic E-state index is 0.112. The molecule has 1 aromatic rings. The number of nitrogens with zero attached hydrogens (tertiary/aromatic N) is 1. The van der Waals surface area contributed by atoms with E-state index in [2.05, 4.69) is 15.6 Å². The minimum atomic E-state index is 0.112. The Morgan fingerprint density at radius 3 is 2.53 bits per heavy atom. The van der Waals surface area contributed by atoms with Gasteiger partial charge in [-0.2, -0.15) is 0 Å². The van der Waals surface area contributed by atoms with Crippen LogP contribution in [0.15, 0.2) is 24.5 Å². The van der Waals surface area contributed by atoms with Gasteiger partial charge in [0.05, 0.1) is 6.54 Å². The zero-order chi connectivity index (χ0) is 13.3. The second-order valence-corrected chi connectivity index (χ2v) is 5.22. The van der Waals surface area contributed by atoms with Crippen molar-refractivity contribution in [3.63, 3.8) is 0 Å². The Balaban J connectivity index is 1.64. The van der Waals surface area contributed by atoms with Gasteiger partial charge in [-0.05, 0) is 30.5 Å². The summed E-state index contributed by atoms with van der Waals surface area (Å²) in [4.78, 5) is 15.8. The molecule has 1 saturated carbocycles. The van der Waals surface area contributed by atoms with Crippen molar-refractivity contribution in [3.05, 3.63) is 30.1 Å². The smallest absolute Gasteiger partial charge is 0.234 e. The normalized spacial score (nSPS) is 16.8. The average Bonchev–Trinajstić information content (AvgIpc) is 2.68. The third-order valence-corrected chi connectivity index (χ3v) is 3.58. The highest BCUT2D eigenvalue weighted by atomic mass is 16.1. The lowest BCUT2D eigenvalue weighted by Gasteiger charge is -2.16. The average molecular weight is 261 g/mol. The van der Waals surface area contributed by atoms with Crippen LogP contribution >= 0.6 is 0 Å². The van der Waals surface area contributed by atoms with Gasteiger partial charge in [-0.3, -0.25) is 9.78 Å². The van der Waals surface area contributed by atoms with Crippen molar-refractivity contribution < 1.29 is 4.79 Å². The standard InChI is InChI=1S/C15H23N3O/c19-15(18-14-5-3-1-2-4-6-14)12-17-11-13-7-9-16-10-8-13/h7-10,14,17H,1-6,11-12H2,(H,18,19). The Morgan fingerprint density at radius 1 is 1.16 bits per heavy atom. The van der Waals surface area contributed by atoms with Gasteiger partial charge in [0.15, 0.2) is 0 Å². The van der Waals surface area contributed by atoms with Gasteiger partial charge in [0, 0.05) is 25.0 Å². The van der Waals surface area contributed by atoms with E-state index in [9.17, 15) is 4.79 Å². The highest BCUT2D eigenvalue weighted by molar-refractivity contribution is 5.78. The Morgan fingerprint density at radius 2 is 1.84 bits per heavy atom. The van der Waals surface area contributed by atoms with Gasteiger partial charge in [-0.25, -0.2) is 0 Å². The molecule has 1 aliphatic rings. The summed E-state index contributed by atoms with van der Waals surface area (Å²) in [6.07, 6.45) is 10.9. The minimum Gasteiger partial charge on any atom is -0.352 e. The molecule has 0 radical (unpaired) electrons. The van der Waals surface area contributed by atoms with E-state index in [1.807, 2.05) is 12.1 Å². The largest absolute Gasteiger partial charge is 0.352 e. The number of nitrogens with one attached hydrogen (secondary N) is 2. The van der Waals surface area contributed by atoms with Crippen molar-refractivity contribution in [2.75, 3.05) is 6.54 Å². The molecule has 104 valence electrons. The lowest BCUT2D eigenvalue weighted by atomic mass is 10.1. The number of hydrogen-bond donors (Lipinski definition) is 2. The highest BCUT2D eigenvalue weighted by Gasteiger charge is 2.14. The molecule has 4 nitrogen and oxygen atoms in total. The number of rotatable bonds is 5. The molecule has 0 saturated heterocycles. The zero-order valence-electron chi connectivity index (χ0n) is 11.4. The molecule has 0 spiro atoms. The maximum absolute atomic E-state index is 11.8. The lowest BCUT2D eigenvalue weighted by Crippen LogP contribution is -2.40. The molecule has 2 rings (SSSR count). The summed E-state index contributed by atoms with van der Waals surface area (Å²) in [6, 6.07) is 4.30. The van der Waals surface area contributed by atoms with Crippen molar-refractivity contribution in [1.29, 1.82) is 0 Å². The predicted octanol–water partition coefficient (Wildman–Crippen LogP) is 2.01. The predicted molar refractivity (Wildman–Crippen MR) is 75.6 cm³/mol. The van der Waals surface area contributed by atoms with Crippen LogP contribution in [0.5, 0.6) is 0 Å². The van der Waals surface area contributed by atoms with Crippen LogP contribution in [-0.4, -0.2) is 23.5 Å². The van der Waals surface area contributed by atoms with Gasteiger partial charge in [-0.1, -0.05) is 25.7 Å². The van der Waals surface area contributed by atoms with Crippen molar-refractivity contribution >= 4 is 5.91 Å². The van der Waals surface area contributed by atoms with Gasteiger partial charge < -0.3 is 10.6 Å². The van der Waals surface area contributed by atoms with Crippen LogP contribution in [0.3, 0.4) is 0 Å². The summed E-state index contributed by atoms with van der Waals surface area (Å²) in [5.74, 6) is 0.112. The fraction of sp³-hybridized carbons (Fsp3) is 0.600. The van der Waals surface area contributed by atoms with Crippen LogP contribution < -0.4 is 10.6 Å². The SMILES string of the molecule is O=C(CNCc1ccncc1)NC1CCCCCC1. The molecule has 0 atom stereocenters. The van der Waals surface area contributed by atoms with Gasteiger partial charge in [0.2, 0.25) is 5.91 Å². The fourth-order valence-corrected chi connectivity index (χ4v) is 2.52. The molecule has 0 bridgehead atoms. The number of aromatic nitrogens is 1. The molecular formula is C15H23N3O. The highest BCUT2D eigenvalue weighted by Crippen LogP contribution is 2.16. The third-order valence-electron chi connectivity index (χ3n) is 3.58. The fourth-order valence-electron chi connectivity index (χ4n) is 2.52. The van der Waals surface area contributed by atoms with Crippen LogP contribution in [0.25, 0.3) is 0 Å². The number of carbonyl (C=O) groups excluding carboxylic acids is 1. The molecule has 1 fully saturated rings. The van der Waals surface area contributed by atoms with Crippen molar-refractivity contribution in [3.8, 4) is 0 Å². The van der Waals surface area contributed by atoms with Gasteiger partial charge in [0.25, 0.3) is 0 Å². The van der Waals surface area contributed by atoms with E-state index >= 15 is 0 Å². The van der Waals surface area contributed by atoms with E-state index in [4.69, 9.17) is 0 Å². The van der Waals surface area contributed by atoms with E-state index in [-0.39, 0.29) is 5.91 Å². The van der Waals surface area contributed by atoms with Crippen LogP contribution in [-0.2, 0) is 11.3 Å². The van der Waals surface area contributed by atoms with Crippen LogP contribution in [0.1, 0.15) is 44.1 Å². The maximum Gasteiger partial charge on any atom is 0.234 e.